The molecule has 1 heterocycles. The van der Waals surface area contributed by atoms with Gasteiger partial charge in [0.05, 0.1) is 11.4 Å². The average Bonchev–Trinajstić information content (AvgIpc) is 2.32. The van der Waals surface area contributed by atoms with Crippen molar-refractivity contribution in [1.82, 2.24) is 10.2 Å². The SMILES string of the molecule is CCCc1ccc(-c2ccc(Cl)cc2)nn1. The molecule has 0 N–H and O–H groups in total. The number of aryl methyl sites for hydroxylation is 1. The molecule has 0 unspecified atom stereocenters. The second kappa shape index (κ2) is 5.08. The molecule has 0 spiro atoms. The van der Waals surface area contributed by atoms with Gasteiger partial charge in [0.15, 0.2) is 0 Å². The first-order chi connectivity index (χ1) is 7.79. The lowest BCUT2D eigenvalue weighted by atomic mass is 10.1. The maximum absolute atomic E-state index is 5.83. The molecule has 0 saturated heterocycles. The van der Waals surface area contributed by atoms with Gasteiger partial charge in [-0.3, -0.25) is 0 Å². The lowest BCUT2D eigenvalue weighted by molar-refractivity contribution is 0.841. The Hall–Kier alpha value is -1.41. The van der Waals surface area contributed by atoms with E-state index >= 15 is 0 Å². The predicted molar refractivity (Wildman–Crippen MR) is 66.5 cm³/mol. The van der Waals surface area contributed by atoms with E-state index in [-0.39, 0.29) is 0 Å². The van der Waals surface area contributed by atoms with Gasteiger partial charge in [0.1, 0.15) is 0 Å². The second-order valence-corrected chi connectivity index (χ2v) is 4.10. The molecule has 0 bridgehead atoms. The third-order valence-electron chi connectivity index (χ3n) is 2.37. The number of halogens is 1. The van der Waals surface area contributed by atoms with Crippen molar-refractivity contribution < 1.29 is 0 Å². The number of rotatable bonds is 3. The van der Waals surface area contributed by atoms with E-state index in [2.05, 4.69) is 17.1 Å². The highest BCUT2D eigenvalue weighted by Crippen LogP contribution is 2.18. The van der Waals surface area contributed by atoms with E-state index in [9.17, 15) is 0 Å². The van der Waals surface area contributed by atoms with Gasteiger partial charge in [-0.2, -0.15) is 10.2 Å². The zero-order chi connectivity index (χ0) is 11.4. The summed E-state index contributed by atoms with van der Waals surface area (Å²) in [6, 6.07) is 11.6. The summed E-state index contributed by atoms with van der Waals surface area (Å²) in [5.74, 6) is 0. The summed E-state index contributed by atoms with van der Waals surface area (Å²) in [7, 11) is 0. The largest absolute Gasteiger partial charge is 0.155 e. The summed E-state index contributed by atoms with van der Waals surface area (Å²) in [4.78, 5) is 0. The Morgan fingerprint density at radius 1 is 1.00 bits per heavy atom. The second-order valence-electron chi connectivity index (χ2n) is 3.67. The normalized spacial score (nSPS) is 10.4. The fourth-order valence-corrected chi connectivity index (χ4v) is 1.65. The van der Waals surface area contributed by atoms with Gasteiger partial charge in [-0.05, 0) is 30.7 Å². The van der Waals surface area contributed by atoms with Crippen LogP contribution in [0.25, 0.3) is 11.3 Å². The van der Waals surface area contributed by atoms with Gasteiger partial charge in [0, 0.05) is 10.6 Å². The molecule has 0 aliphatic heterocycles. The summed E-state index contributed by atoms with van der Waals surface area (Å²) in [5.41, 5.74) is 2.97. The van der Waals surface area contributed by atoms with E-state index < -0.39 is 0 Å². The minimum Gasteiger partial charge on any atom is -0.155 e. The molecule has 0 amide bonds. The maximum Gasteiger partial charge on any atom is 0.0929 e. The van der Waals surface area contributed by atoms with Crippen LogP contribution in [0.15, 0.2) is 36.4 Å². The molecule has 2 nitrogen and oxygen atoms in total. The van der Waals surface area contributed by atoms with Gasteiger partial charge in [0.2, 0.25) is 0 Å². The number of aromatic nitrogens is 2. The van der Waals surface area contributed by atoms with Gasteiger partial charge in [-0.15, -0.1) is 0 Å². The lowest BCUT2D eigenvalue weighted by Gasteiger charge is -2.01. The van der Waals surface area contributed by atoms with Crippen molar-refractivity contribution in [3.05, 3.63) is 47.1 Å². The molecule has 82 valence electrons. The third-order valence-corrected chi connectivity index (χ3v) is 2.62. The number of hydrogen-bond donors (Lipinski definition) is 0. The minimum atomic E-state index is 0.735. The molecule has 2 rings (SSSR count). The van der Waals surface area contributed by atoms with Crippen molar-refractivity contribution in [2.24, 2.45) is 0 Å². The van der Waals surface area contributed by atoms with Gasteiger partial charge in [-0.1, -0.05) is 37.1 Å². The van der Waals surface area contributed by atoms with E-state index in [0.29, 0.717) is 0 Å². The van der Waals surface area contributed by atoms with Gasteiger partial charge in [-0.25, -0.2) is 0 Å². The zero-order valence-electron chi connectivity index (χ0n) is 9.15. The van der Waals surface area contributed by atoms with Crippen LogP contribution in [0.2, 0.25) is 5.02 Å². The van der Waals surface area contributed by atoms with Crippen LogP contribution in [0.4, 0.5) is 0 Å². The predicted octanol–water partition coefficient (Wildman–Crippen LogP) is 3.75. The van der Waals surface area contributed by atoms with Crippen LogP contribution >= 0.6 is 11.6 Å². The van der Waals surface area contributed by atoms with E-state index in [1.165, 1.54) is 0 Å². The molecular formula is C13H13ClN2. The third kappa shape index (κ3) is 2.58. The van der Waals surface area contributed by atoms with Crippen molar-refractivity contribution in [3.63, 3.8) is 0 Å². The quantitative estimate of drug-likeness (QED) is 0.806. The highest BCUT2D eigenvalue weighted by Gasteiger charge is 2.00. The van der Waals surface area contributed by atoms with Crippen LogP contribution in [0.1, 0.15) is 19.0 Å². The fraction of sp³-hybridized carbons (Fsp3) is 0.231. The van der Waals surface area contributed by atoms with Crippen LogP contribution in [0.3, 0.4) is 0 Å². The summed E-state index contributed by atoms with van der Waals surface area (Å²) < 4.78 is 0. The first kappa shape index (κ1) is 11.1. The maximum atomic E-state index is 5.83. The van der Waals surface area contributed by atoms with E-state index in [1.807, 2.05) is 36.4 Å². The van der Waals surface area contributed by atoms with Crippen LogP contribution in [-0.4, -0.2) is 10.2 Å². The lowest BCUT2D eigenvalue weighted by Crippen LogP contribution is -1.93. The highest BCUT2D eigenvalue weighted by atomic mass is 35.5. The van der Waals surface area contributed by atoms with Gasteiger partial charge >= 0.3 is 0 Å². The van der Waals surface area contributed by atoms with Gasteiger partial charge in [0.25, 0.3) is 0 Å². The Bertz CT molecular complexity index is 448. The summed E-state index contributed by atoms with van der Waals surface area (Å²) in [5, 5.41) is 9.12. The molecule has 0 radical (unpaired) electrons. The Morgan fingerprint density at radius 3 is 2.31 bits per heavy atom. The van der Waals surface area contributed by atoms with Gasteiger partial charge < -0.3 is 0 Å². The standard InChI is InChI=1S/C13H13ClN2/c1-2-3-12-8-9-13(16-15-12)10-4-6-11(14)7-5-10/h4-9H,2-3H2,1H3. The van der Waals surface area contributed by atoms with E-state index in [0.717, 1.165) is 34.8 Å². The smallest absolute Gasteiger partial charge is 0.0929 e. The molecule has 16 heavy (non-hydrogen) atoms. The van der Waals surface area contributed by atoms with Crippen molar-refractivity contribution in [2.75, 3.05) is 0 Å². The Kier molecular flexibility index (Phi) is 3.52. The fourth-order valence-electron chi connectivity index (χ4n) is 1.52. The summed E-state index contributed by atoms with van der Waals surface area (Å²) in [6.45, 7) is 2.13. The molecule has 0 aliphatic carbocycles. The Morgan fingerprint density at radius 2 is 1.75 bits per heavy atom. The first-order valence-corrected chi connectivity index (χ1v) is 5.76. The molecule has 0 aliphatic rings. The van der Waals surface area contributed by atoms with Crippen molar-refractivity contribution >= 4 is 11.6 Å². The summed E-state index contributed by atoms with van der Waals surface area (Å²) >= 11 is 5.83. The first-order valence-electron chi connectivity index (χ1n) is 5.38. The van der Waals surface area contributed by atoms with E-state index in [1.54, 1.807) is 0 Å². The molecule has 1 aromatic carbocycles. The minimum absolute atomic E-state index is 0.735. The Balaban J connectivity index is 2.24. The molecule has 0 saturated carbocycles. The summed E-state index contributed by atoms with van der Waals surface area (Å²) in [6.07, 6.45) is 2.07. The number of nitrogens with zero attached hydrogens (tertiary/aromatic N) is 2. The zero-order valence-corrected chi connectivity index (χ0v) is 9.91. The molecule has 2 aromatic rings. The molecule has 3 heteroatoms. The topological polar surface area (TPSA) is 25.8 Å². The number of hydrogen-bond acceptors (Lipinski definition) is 2. The molecule has 1 aromatic heterocycles. The Labute approximate surface area is 100 Å². The molecular weight excluding hydrogens is 220 g/mol. The monoisotopic (exact) mass is 232 g/mol. The van der Waals surface area contributed by atoms with Crippen molar-refractivity contribution in [1.29, 1.82) is 0 Å². The molecule has 0 atom stereocenters. The molecule has 0 fully saturated rings. The van der Waals surface area contributed by atoms with Crippen LogP contribution in [0, 0.1) is 0 Å². The number of benzene rings is 1. The highest BCUT2D eigenvalue weighted by molar-refractivity contribution is 6.30. The van der Waals surface area contributed by atoms with Crippen LogP contribution < -0.4 is 0 Å². The average molecular weight is 233 g/mol. The van der Waals surface area contributed by atoms with Crippen molar-refractivity contribution in [2.45, 2.75) is 19.8 Å². The van der Waals surface area contributed by atoms with Crippen molar-refractivity contribution in [3.8, 4) is 11.3 Å². The van der Waals surface area contributed by atoms with Crippen LogP contribution in [0.5, 0.6) is 0 Å². The van der Waals surface area contributed by atoms with Crippen LogP contribution in [-0.2, 0) is 6.42 Å². The van der Waals surface area contributed by atoms with E-state index in [4.69, 9.17) is 11.6 Å².